The number of amides is 2. The molecule has 2 amide bonds. The van der Waals surface area contributed by atoms with Crippen LogP contribution in [0.25, 0.3) is 0 Å². The van der Waals surface area contributed by atoms with E-state index in [1.165, 1.54) is 12.1 Å². The molecule has 1 saturated heterocycles. The number of carbonyl (C=O) groups excluding carboxylic acids is 3. The number of Topliss-reactive ketones (excluding diaryl/α,β-unsaturated/α-hetero) is 1. The number of fused-ring (bicyclic) bond motifs is 1. The van der Waals surface area contributed by atoms with Crippen molar-refractivity contribution in [1.82, 2.24) is 14.9 Å². The standard InChI is InChI=1S/C24H25BrFN3O5/c1-24(2,3)34-23(32)29-18-10-13(4-7-20(18)33-22(29)31)15-8-9-27-12-14(15)11-19(30)17-6-5-16(26)21(25)28-17/h5-6,8-9,12-13,18,20H,4,7,10-11H2,1-3H3. The highest BCUT2D eigenvalue weighted by molar-refractivity contribution is 9.10. The van der Waals surface area contributed by atoms with Gasteiger partial charge in [-0.2, -0.15) is 0 Å². The average Bonchev–Trinajstić information content (AvgIpc) is 3.09. The van der Waals surface area contributed by atoms with Gasteiger partial charge in [0.25, 0.3) is 0 Å². The van der Waals surface area contributed by atoms with Crippen molar-refractivity contribution < 1.29 is 28.2 Å². The third-order valence-electron chi connectivity index (χ3n) is 5.95. The first-order valence-corrected chi connectivity index (χ1v) is 11.8. The molecule has 2 aliphatic rings. The largest absolute Gasteiger partial charge is 0.443 e. The second-order valence-electron chi connectivity index (χ2n) is 9.49. The van der Waals surface area contributed by atoms with Gasteiger partial charge < -0.3 is 9.47 Å². The molecule has 180 valence electrons. The highest BCUT2D eigenvalue weighted by Crippen LogP contribution is 2.41. The summed E-state index contributed by atoms with van der Waals surface area (Å²) in [5.74, 6) is -0.823. The quantitative estimate of drug-likeness (QED) is 0.393. The van der Waals surface area contributed by atoms with E-state index in [0.29, 0.717) is 12.8 Å². The van der Waals surface area contributed by atoms with Crippen LogP contribution in [0, 0.1) is 5.82 Å². The molecular formula is C24H25BrFN3O5. The van der Waals surface area contributed by atoms with Gasteiger partial charge in [0.1, 0.15) is 22.0 Å². The van der Waals surface area contributed by atoms with Crippen LogP contribution in [0.2, 0.25) is 0 Å². The molecule has 2 aromatic rings. The molecule has 0 radical (unpaired) electrons. The Morgan fingerprint density at radius 2 is 2.03 bits per heavy atom. The van der Waals surface area contributed by atoms with Crippen molar-refractivity contribution in [1.29, 1.82) is 0 Å². The molecule has 2 fully saturated rings. The summed E-state index contributed by atoms with van der Waals surface area (Å²) in [5, 5.41) is 0. The van der Waals surface area contributed by atoms with E-state index in [1.54, 1.807) is 33.2 Å². The zero-order valence-electron chi connectivity index (χ0n) is 19.1. The number of nitrogens with zero attached hydrogens (tertiary/aromatic N) is 3. The summed E-state index contributed by atoms with van der Waals surface area (Å²) in [4.78, 5) is 47.2. The zero-order chi connectivity index (χ0) is 24.6. The van der Waals surface area contributed by atoms with E-state index >= 15 is 0 Å². The van der Waals surface area contributed by atoms with Crippen LogP contribution in [0.3, 0.4) is 0 Å². The van der Waals surface area contributed by atoms with Crippen LogP contribution in [0.15, 0.2) is 35.2 Å². The lowest BCUT2D eigenvalue weighted by atomic mass is 9.78. The number of rotatable bonds is 4. The number of aromatic nitrogens is 2. The second kappa shape index (κ2) is 9.40. The van der Waals surface area contributed by atoms with Gasteiger partial charge in [-0.05, 0) is 91.2 Å². The molecular weight excluding hydrogens is 509 g/mol. The van der Waals surface area contributed by atoms with Crippen LogP contribution in [-0.2, 0) is 15.9 Å². The smallest absolute Gasteiger partial charge is 0.420 e. The molecule has 1 aliphatic carbocycles. The molecule has 3 unspecified atom stereocenters. The lowest BCUT2D eigenvalue weighted by molar-refractivity contribution is 0.0263. The normalized spacial score (nSPS) is 22.2. The fraction of sp³-hybridized carbons (Fsp3) is 0.458. The minimum absolute atomic E-state index is 0.0144. The third-order valence-corrected chi connectivity index (χ3v) is 6.50. The third kappa shape index (κ3) is 5.11. The minimum atomic E-state index is -0.745. The SMILES string of the molecule is CC(C)(C)OC(=O)N1C(=O)OC2CCC(c3ccncc3CC(=O)c3ccc(F)c(Br)n3)CC21. The first kappa shape index (κ1) is 24.3. The van der Waals surface area contributed by atoms with E-state index in [9.17, 15) is 18.8 Å². The minimum Gasteiger partial charge on any atom is -0.443 e. The maximum Gasteiger partial charge on any atom is 0.420 e. The van der Waals surface area contributed by atoms with Gasteiger partial charge in [-0.15, -0.1) is 0 Å². The van der Waals surface area contributed by atoms with Gasteiger partial charge in [-0.3, -0.25) is 9.78 Å². The monoisotopic (exact) mass is 533 g/mol. The highest BCUT2D eigenvalue weighted by atomic mass is 79.9. The van der Waals surface area contributed by atoms with Gasteiger partial charge in [0.05, 0.1) is 6.04 Å². The lowest BCUT2D eigenvalue weighted by Gasteiger charge is -2.34. The van der Waals surface area contributed by atoms with Crippen molar-refractivity contribution in [2.24, 2.45) is 0 Å². The molecule has 3 heterocycles. The fourth-order valence-corrected chi connectivity index (χ4v) is 4.80. The molecule has 0 spiro atoms. The van der Waals surface area contributed by atoms with Gasteiger partial charge in [-0.1, -0.05) is 0 Å². The molecule has 0 bridgehead atoms. The molecule has 4 rings (SSSR count). The molecule has 0 N–H and O–H groups in total. The number of hydrogen-bond acceptors (Lipinski definition) is 7. The number of hydrogen-bond donors (Lipinski definition) is 0. The van der Waals surface area contributed by atoms with Crippen molar-refractivity contribution in [3.05, 3.63) is 57.8 Å². The van der Waals surface area contributed by atoms with E-state index in [1.807, 2.05) is 6.07 Å². The van der Waals surface area contributed by atoms with Gasteiger partial charge in [0.15, 0.2) is 11.6 Å². The number of pyridine rings is 2. The van der Waals surface area contributed by atoms with Crippen LogP contribution < -0.4 is 0 Å². The van der Waals surface area contributed by atoms with Gasteiger partial charge in [-0.25, -0.2) is 23.9 Å². The molecule has 3 atom stereocenters. The van der Waals surface area contributed by atoms with E-state index < -0.39 is 29.6 Å². The molecule has 34 heavy (non-hydrogen) atoms. The first-order chi connectivity index (χ1) is 16.0. The van der Waals surface area contributed by atoms with Gasteiger partial charge >= 0.3 is 12.2 Å². The number of ether oxygens (including phenoxy) is 2. The van der Waals surface area contributed by atoms with Gasteiger partial charge in [0.2, 0.25) is 0 Å². The highest BCUT2D eigenvalue weighted by Gasteiger charge is 2.50. The Balaban J connectivity index is 1.54. The van der Waals surface area contributed by atoms with Crippen molar-refractivity contribution in [2.75, 3.05) is 0 Å². The summed E-state index contributed by atoms with van der Waals surface area (Å²) in [6.07, 6.45) is 3.34. The number of ketones is 1. The van der Waals surface area contributed by atoms with E-state index in [-0.39, 0.29) is 34.5 Å². The van der Waals surface area contributed by atoms with Crippen LogP contribution >= 0.6 is 15.9 Å². The average molecular weight is 534 g/mol. The Labute approximate surface area is 205 Å². The van der Waals surface area contributed by atoms with E-state index in [2.05, 4.69) is 25.9 Å². The van der Waals surface area contributed by atoms with Crippen LogP contribution in [-0.4, -0.2) is 50.6 Å². The Morgan fingerprint density at radius 3 is 2.74 bits per heavy atom. The van der Waals surface area contributed by atoms with Crippen molar-refractivity contribution >= 4 is 33.9 Å². The Morgan fingerprint density at radius 1 is 1.26 bits per heavy atom. The summed E-state index contributed by atoms with van der Waals surface area (Å²) in [5.41, 5.74) is 1.06. The number of imide groups is 1. The van der Waals surface area contributed by atoms with Crippen molar-refractivity contribution in [3.63, 3.8) is 0 Å². The summed E-state index contributed by atoms with van der Waals surface area (Å²) < 4.78 is 24.4. The molecule has 1 saturated carbocycles. The molecule has 2 aromatic heterocycles. The Bertz CT molecular complexity index is 1140. The fourth-order valence-electron chi connectivity index (χ4n) is 4.47. The summed E-state index contributed by atoms with van der Waals surface area (Å²) in [7, 11) is 0. The predicted molar refractivity (Wildman–Crippen MR) is 123 cm³/mol. The van der Waals surface area contributed by atoms with E-state index in [4.69, 9.17) is 9.47 Å². The molecule has 10 heteroatoms. The maximum atomic E-state index is 13.5. The second-order valence-corrected chi connectivity index (χ2v) is 10.2. The Hall–Kier alpha value is -2.88. The topological polar surface area (TPSA) is 98.7 Å². The molecule has 1 aliphatic heterocycles. The summed E-state index contributed by atoms with van der Waals surface area (Å²) in [6.45, 7) is 5.21. The van der Waals surface area contributed by atoms with Crippen molar-refractivity contribution in [3.8, 4) is 0 Å². The molecule has 8 nitrogen and oxygen atoms in total. The number of carbonyl (C=O) groups is 3. The molecule has 0 aromatic carbocycles. The summed E-state index contributed by atoms with van der Waals surface area (Å²) in [6, 6.07) is 3.95. The zero-order valence-corrected chi connectivity index (χ0v) is 20.7. The van der Waals surface area contributed by atoms with Crippen LogP contribution in [0.5, 0.6) is 0 Å². The van der Waals surface area contributed by atoms with E-state index in [0.717, 1.165) is 22.4 Å². The van der Waals surface area contributed by atoms with Crippen LogP contribution in [0.1, 0.15) is 67.6 Å². The van der Waals surface area contributed by atoms with Crippen molar-refractivity contribution in [2.45, 2.75) is 70.1 Å². The maximum absolute atomic E-state index is 13.5. The predicted octanol–water partition coefficient (Wildman–Crippen LogP) is 5.20. The Kier molecular flexibility index (Phi) is 6.71. The van der Waals surface area contributed by atoms with Crippen LogP contribution in [0.4, 0.5) is 14.0 Å². The first-order valence-electron chi connectivity index (χ1n) is 11.0. The van der Waals surface area contributed by atoms with Gasteiger partial charge in [0, 0.05) is 18.8 Å². The number of halogens is 2. The summed E-state index contributed by atoms with van der Waals surface area (Å²) >= 11 is 3.01. The lowest BCUT2D eigenvalue weighted by Crippen LogP contribution is -2.46.